The van der Waals surface area contributed by atoms with Crippen LogP contribution >= 0.6 is 0 Å². The molecule has 0 fully saturated rings. The van der Waals surface area contributed by atoms with Crippen LogP contribution in [-0.2, 0) is 0 Å². The van der Waals surface area contributed by atoms with E-state index in [0.29, 0.717) is 5.69 Å². The third-order valence-corrected chi connectivity index (χ3v) is 2.19. The van der Waals surface area contributed by atoms with Gasteiger partial charge >= 0.3 is 11.7 Å². The van der Waals surface area contributed by atoms with Crippen molar-refractivity contribution in [3.63, 3.8) is 0 Å². The van der Waals surface area contributed by atoms with E-state index in [9.17, 15) is 9.59 Å². The fourth-order valence-corrected chi connectivity index (χ4v) is 1.52. The Hall–Kier alpha value is -2.37. The minimum atomic E-state index is -1.12. The van der Waals surface area contributed by atoms with Crippen molar-refractivity contribution >= 4 is 5.97 Å². The van der Waals surface area contributed by atoms with E-state index in [4.69, 9.17) is 5.11 Å². The Morgan fingerprint density at radius 2 is 2.25 bits per heavy atom. The smallest absolute Gasteiger partial charge is 0.345 e. The van der Waals surface area contributed by atoms with Gasteiger partial charge in [-0.3, -0.25) is 0 Å². The maximum Gasteiger partial charge on any atom is 0.345 e. The Morgan fingerprint density at radius 3 is 2.81 bits per heavy atom. The Morgan fingerprint density at radius 1 is 1.50 bits per heavy atom. The second kappa shape index (κ2) is 3.65. The molecule has 0 aliphatic carbocycles. The summed E-state index contributed by atoms with van der Waals surface area (Å²) in [7, 11) is 0. The first-order valence-corrected chi connectivity index (χ1v) is 4.57. The van der Waals surface area contributed by atoms with Gasteiger partial charge in [0.25, 0.3) is 0 Å². The van der Waals surface area contributed by atoms with E-state index >= 15 is 0 Å². The van der Waals surface area contributed by atoms with Gasteiger partial charge in [-0.05, 0) is 19.1 Å². The standard InChI is InChI=1S/C10H9N3O3/c1-5-7(9(14)15)8(13-10(16)12-5)6-3-2-4-11-6/h2-4,11H,1H3,(H,14,15)(H,12,13,16). The molecule has 0 aliphatic rings. The molecule has 2 aromatic heterocycles. The molecule has 6 heteroatoms. The zero-order valence-electron chi connectivity index (χ0n) is 8.44. The summed E-state index contributed by atoms with van der Waals surface area (Å²) in [6.07, 6.45) is 1.64. The van der Waals surface area contributed by atoms with Gasteiger partial charge in [-0.15, -0.1) is 0 Å². The molecule has 0 saturated carbocycles. The SMILES string of the molecule is Cc1[nH]c(=O)nc(-c2ccc[nH]2)c1C(=O)O. The maximum atomic E-state index is 11.2. The third kappa shape index (κ3) is 1.60. The topological polar surface area (TPSA) is 98.8 Å². The van der Waals surface area contributed by atoms with Gasteiger partial charge in [-0.2, -0.15) is 4.98 Å². The van der Waals surface area contributed by atoms with Crippen LogP contribution in [-0.4, -0.2) is 26.0 Å². The highest BCUT2D eigenvalue weighted by Crippen LogP contribution is 2.19. The first kappa shape index (κ1) is 10.2. The quantitative estimate of drug-likeness (QED) is 0.694. The Labute approximate surface area is 90.0 Å². The van der Waals surface area contributed by atoms with Gasteiger partial charge in [-0.1, -0.05) is 0 Å². The van der Waals surface area contributed by atoms with Crippen LogP contribution in [0.5, 0.6) is 0 Å². The Bertz CT molecular complexity index is 584. The largest absolute Gasteiger partial charge is 0.478 e. The highest BCUT2D eigenvalue weighted by molar-refractivity contribution is 5.95. The third-order valence-electron chi connectivity index (χ3n) is 2.19. The van der Waals surface area contributed by atoms with Crippen molar-refractivity contribution in [3.8, 4) is 11.4 Å². The summed E-state index contributed by atoms with van der Waals surface area (Å²) in [4.78, 5) is 31.1. The molecule has 0 aromatic carbocycles. The molecule has 0 unspecified atom stereocenters. The number of nitrogens with one attached hydrogen (secondary N) is 2. The summed E-state index contributed by atoms with van der Waals surface area (Å²) in [5, 5.41) is 9.06. The van der Waals surface area contributed by atoms with Crippen molar-refractivity contribution in [3.05, 3.63) is 40.1 Å². The number of aromatic carboxylic acids is 1. The minimum absolute atomic E-state index is 0.00190. The number of hydrogen-bond donors (Lipinski definition) is 3. The summed E-state index contributed by atoms with van der Waals surface area (Å²) in [5.74, 6) is -1.12. The van der Waals surface area contributed by atoms with E-state index in [2.05, 4.69) is 15.0 Å². The van der Waals surface area contributed by atoms with Gasteiger partial charge in [0.15, 0.2) is 0 Å². The molecule has 0 bridgehead atoms. The van der Waals surface area contributed by atoms with Gasteiger partial charge in [0.05, 0.1) is 5.69 Å². The number of aromatic nitrogens is 3. The molecule has 0 saturated heterocycles. The van der Waals surface area contributed by atoms with Crippen molar-refractivity contribution in [2.45, 2.75) is 6.92 Å². The molecule has 82 valence electrons. The minimum Gasteiger partial charge on any atom is -0.478 e. The fourth-order valence-electron chi connectivity index (χ4n) is 1.52. The summed E-state index contributed by atoms with van der Waals surface area (Å²) in [6.45, 7) is 1.53. The molecule has 16 heavy (non-hydrogen) atoms. The van der Waals surface area contributed by atoms with Crippen LogP contribution in [0.25, 0.3) is 11.4 Å². The lowest BCUT2D eigenvalue weighted by atomic mass is 10.1. The van der Waals surface area contributed by atoms with E-state index in [-0.39, 0.29) is 17.0 Å². The van der Waals surface area contributed by atoms with Crippen LogP contribution in [0.4, 0.5) is 0 Å². The number of carbonyl (C=O) groups is 1. The lowest BCUT2D eigenvalue weighted by Gasteiger charge is -2.05. The highest BCUT2D eigenvalue weighted by atomic mass is 16.4. The lowest BCUT2D eigenvalue weighted by molar-refractivity contribution is 0.0696. The van der Waals surface area contributed by atoms with Crippen LogP contribution in [0.2, 0.25) is 0 Å². The second-order valence-electron chi connectivity index (χ2n) is 3.28. The predicted molar refractivity (Wildman–Crippen MR) is 56.3 cm³/mol. The molecular weight excluding hydrogens is 210 g/mol. The zero-order chi connectivity index (χ0) is 11.7. The van der Waals surface area contributed by atoms with E-state index in [1.165, 1.54) is 6.92 Å². The van der Waals surface area contributed by atoms with E-state index in [0.717, 1.165) is 0 Å². The number of H-pyrrole nitrogens is 2. The molecule has 2 rings (SSSR count). The van der Waals surface area contributed by atoms with Gasteiger partial charge in [0.2, 0.25) is 0 Å². The van der Waals surface area contributed by atoms with Crippen molar-refractivity contribution in [1.82, 2.24) is 15.0 Å². The summed E-state index contributed by atoms with van der Waals surface area (Å²) >= 11 is 0. The number of aromatic amines is 2. The number of carboxylic acids is 1. The van der Waals surface area contributed by atoms with Crippen LogP contribution < -0.4 is 5.69 Å². The van der Waals surface area contributed by atoms with Crippen molar-refractivity contribution in [2.75, 3.05) is 0 Å². The monoisotopic (exact) mass is 219 g/mol. The molecule has 6 nitrogen and oxygen atoms in total. The normalized spacial score (nSPS) is 10.3. The average Bonchev–Trinajstić information content (AvgIpc) is 2.67. The van der Waals surface area contributed by atoms with Crippen LogP contribution in [0.3, 0.4) is 0 Å². The maximum absolute atomic E-state index is 11.2. The van der Waals surface area contributed by atoms with E-state index < -0.39 is 11.7 Å². The molecule has 0 aliphatic heterocycles. The van der Waals surface area contributed by atoms with Crippen LogP contribution in [0.15, 0.2) is 23.1 Å². The van der Waals surface area contributed by atoms with Crippen molar-refractivity contribution < 1.29 is 9.90 Å². The zero-order valence-corrected chi connectivity index (χ0v) is 8.44. The van der Waals surface area contributed by atoms with Gasteiger partial charge < -0.3 is 15.1 Å². The number of carboxylic acid groups (broad SMARTS) is 1. The van der Waals surface area contributed by atoms with E-state index in [1.807, 2.05) is 0 Å². The summed E-state index contributed by atoms with van der Waals surface area (Å²) in [6, 6.07) is 3.37. The molecule has 0 radical (unpaired) electrons. The molecule has 2 aromatic rings. The molecule has 2 heterocycles. The predicted octanol–water partition coefficient (Wildman–Crippen LogP) is 0.772. The van der Waals surface area contributed by atoms with Gasteiger partial charge in [0.1, 0.15) is 11.3 Å². The molecule has 0 atom stereocenters. The van der Waals surface area contributed by atoms with Gasteiger partial charge in [-0.25, -0.2) is 9.59 Å². The number of aryl methyl sites for hydroxylation is 1. The second-order valence-corrected chi connectivity index (χ2v) is 3.28. The number of nitrogens with zero attached hydrogens (tertiary/aromatic N) is 1. The Balaban J connectivity index is 2.77. The fraction of sp³-hybridized carbons (Fsp3) is 0.100. The van der Waals surface area contributed by atoms with Crippen molar-refractivity contribution in [2.24, 2.45) is 0 Å². The molecule has 3 N–H and O–H groups in total. The number of hydrogen-bond acceptors (Lipinski definition) is 3. The van der Waals surface area contributed by atoms with Crippen LogP contribution in [0, 0.1) is 6.92 Å². The van der Waals surface area contributed by atoms with E-state index in [1.54, 1.807) is 18.3 Å². The molecule has 0 spiro atoms. The van der Waals surface area contributed by atoms with Crippen LogP contribution in [0.1, 0.15) is 16.1 Å². The Kier molecular flexibility index (Phi) is 2.32. The number of rotatable bonds is 2. The first-order chi connectivity index (χ1) is 7.59. The molecular formula is C10H9N3O3. The highest BCUT2D eigenvalue weighted by Gasteiger charge is 2.18. The summed E-state index contributed by atoms with van der Waals surface area (Å²) < 4.78 is 0. The van der Waals surface area contributed by atoms with Gasteiger partial charge in [0, 0.05) is 11.9 Å². The first-order valence-electron chi connectivity index (χ1n) is 4.57. The van der Waals surface area contributed by atoms with Crippen molar-refractivity contribution in [1.29, 1.82) is 0 Å². The molecule has 0 amide bonds. The lowest BCUT2D eigenvalue weighted by Crippen LogP contribution is -2.18. The summed E-state index contributed by atoms with van der Waals surface area (Å²) in [5.41, 5.74) is 0.386. The average molecular weight is 219 g/mol.